The predicted molar refractivity (Wildman–Crippen MR) is 52.4 cm³/mol. The van der Waals surface area contributed by atoms with Gasteiger partial charge in [0.05, 0.1) is 6.04 Å². The molecule has 0 aliphatic heterocycles. The molecule has 1 aromatic rings. The normalized spacial score (nSPS) is 11.8. The summed E-state index contributed by atoms with van der Waals surface area (Å²) in [5.41, 5.74) is 6.73. The van der Waals surface area contributed by atoms with Gasteiger partial charge in [0.15, 0.2) is 5.78 Å². The fourth-order valence-corrected chi connectivity index (χ4v) is 1.03. The van der Waals surface area contributed by atoms with Gasteiger partial charge in [-0.2, -0.15) is 0 Å². The molecule has 1 atom stereocenters. The standard InChI is InChI=1S/C11H11NO/c1-3-9-5-4-6-10(7-9)11(13)8(2)12/h1,4-8H,12H2,2H3. The average molecular weight is 173 g/mol. The molecule has 0 aliphatic carbocycles. The van der Waals surface area contributed by atoms with Crippen LogP contribution in [0.5, 0.6) is 0 Å². The van der Waals surface area contributed by atoms with Crippen LogP contribution in [0, 0.1) is 12.3 Å². The van der Waals surface area contributed by atoms with Crippen LogP contribution in [-0.4, -0.2) is 11.8 Å². The zero-order chi connectivity index (χ0) is 9.84. The highest BCUT2D eigenvalue weighted by atomic mass is 16.1. The molecule has 0 bridgehead atoms. The number of rotatable bonds is 2. The molecule has 13 heavy (non-hydrogen) atoms. The molecule has 0 radical (unpaired) electrons. The van der Waals surface area contributed by atoms with Crippen molar-refractivity contribution in [3.8, 4) is 12.3 Å². The van der Waals surface area contributed by atoms with E-state index in [0.717, 1.165) is 0 Å². The third kappa shape index (κ3) is 2.17. The van der Waals surface area contributed by atoms with Crippen LogP contribution in [0.4, 0.5) is 0 Å². The molecular formula is C11H11NO. The lowest BCUT2D eigenvalue weighted by molar-refractivity contribution is 0.0968. The van der Waals surface area contributed by atoms with E-state index < -0.39 is 6.04 Å². The Bertz CT molecular complexity index is 361. The molecule has 0 aliphatic rings. The van der Waals surface area contributed by atoms with Crippen molar-refractivity contribution in [2.45, 2.75) is 13.0 Å². The monoisotopic (exact) mass is 173 g/mol. The van der Waals surface area contributed by atoms with E-state index in [0.29, 0.717) is 11.1 Å². The highest BCUT2D eigenvalue weighted by molar-refractivity contribution is 5.99. The Morgan fingerprint density at radius 1 is 1.62 bits per heavy atom. The van der Waals surface area contributed by atoms with Crippen molar-refractivity contribution >= 4 is 5.78 Å². The van der Waals surface area contributed by atoms with Crippen LogP contribution >= 0.6 is 0 Å². The van der Waals surface area contributed by atoms with Crippen molar-refractivity contribution in [2.75, 3.05) is 0 Å². The second-order valence-corrected chi connectivity index (χ2v) is 2.88. The van der Waals surface area contributed by atoms with E-state index in [-0.39, 0.29) is 5.78 Å². The second kappa shape index (κ2) is 3.88. The first kappa shape index (κ1) is 9.50. The van der Waals surface area contributed by atoms with Gasteiger partial charge in [-0.3, -0.25) is 4.79 Å². The summed E-state index contributed by atoms with van der Waals surface area (Å²) < 4.78 is 0. The van der Waals surface area contributed by atoms with Gasteiger partial charge in [0.25, 0.3) is 0 Å². The minimum Gasteiger partial charge on any atom is -0.321 e. The van der Waals surface area contributed by atoms with Gasteiger partial charge in [-0.1, -0.05) is 18.1 Å². The molecule has 2 nitrogen and oxygen atoms in total. The molecule has 2 heteroatoms. The van der Waals surface area contributed by atoms with Crippen molar-refractivity contribution in [3.63, 3.8) is 0 Å². The van der Waals surface area contributed by atoms with Gasteiger partial charge >= 0.3 is 0 Å². The fraction of sp³-hybridized carbons (Fsp3) is 0.182. The molecule has 0 saturated carbocycles. The highest BCUT2D eigenvalue weighted by Crippen LogP contribution is 2.06. The number of hydrogen-bond donors (Lipinski definition) is 1. The molecule has 0 aromatic heterocycles. The maximum Gasteiger partial charge on any atom is 0.179 e. The van der Waals surface area contributed by atoms with Crippen LogP contribution < -0.4 is 5.73 Å². The first-order valence-electron chi connectivity index (χ1n) is 4.01. The quantitative estimate of drug-likeness (QED) is 0.539. The Labute approximate surface area is 77.8 Å². The lowest BCUT2D eigenvalue weighted by atomic mass is 10.0. The largest absolute Gasteiger partial charge is 0.321 e. The maximum atomic E-state index is 11.4. The molecule has 2 N–H and O–H groups in total. The Morgan fingerprint density at radius 2 is 2.31 bits per heavy atom. The van der Waals surface area contributed by atoms with Crippen molar-refractivity contribution in [2.24, 2.45) is 5.73 Å². The van der Waals surface area contributed by atoms with E-state index in [1.165, 1.54) is 0 Å². The second-order valence-electron chi connectivity index (χ2n) is 2.88. The summed E-state index contributed by atoms with van der Waals surface area (Å²) in [6.45, 7) is 1.66. The number of Topliss-reactive ketones (excluding diaryl/α,β-unsaturated/α-hetero) is 1. The van der Waals surface area contributed by atoms with Gasteiger partial charge in [-0.25, -0.2) is 0 Å². The minimum atomic E-state index is -0.479. The van der Waals surface area contributed by atoms with E-state index in [1.54, 1.807) is 31.2 Å². The number of terminal acetylenes is 1. The molecular weight excluding hydrogens is 162 g/mol. The number of benzene rings is 1. The van der Waals surface area contributed by atoms with Gasteiger partial charge in [0.2, 0.25) is 0 Å². The van der Waals surface area contributed by atoms with Gasteiger partial charge in [0, 0.05) is 11.1 Å². The van der Waals surface area contributed by atoms with Crippen LogP contribution in [0.15, 0.2) is 24.3 Å². The average Bonchev–Trinajstić information content (AvgIpc) is 2.16. The Balaban J connectivity index is 3.04. The maximum absolute atomic E-state index is 11.4. The first-order chi connectivity index (χ1) is 6.15. The number of nitrogens with two attached hydrogens (primary N) is 1. The van der Waals surface area contributed by atoms with Crippen molar-refractivity contribution in [1.29, 1.82) is 0 Å². The predicted octanol–water partition coefficient (Wildman–Crippen LogP) is 1.20. The molecule has 0 fully saturated rings. The SMILES string of the molecule is C#Cc1cccc(C(=O)C(C)N)c1. The molecule has 0 saturated heterocycles. The fourth-order valence-electron chi connectivity index (χ4n) is 1.03. The molecule has 1 aromatic carbocycles. The minimum absolute atomic E-state index is 0.0860. The molecule has 0 amide bonds. The molecule has 0 heterocycles. The molecule has 0 spiro atoms. The van der Waals surface area contributed by atoms with Crippen LogP contribution in [0.2, 0.25) is 0 Å². The van der Waals surface area contributed by atoms with Gasteiger partial charge in [-0.05, 0) is 19.1 Å². The summed E-state index contributed by atoms with van der Waals surface area (Å²) in [6, 6.07) is 6.44. The first-order valence-corrected chi connectivity index (χ1v) is 4.01. The smallest absolute Gasteiger partial charge is 0.179 e. The highest BCUT2D eigenvalue weighted by Gasteiger charge is 2.09. The zero-order valence-electron chi connectivity index (χ0n) is 7.45. The van der Waals surface area contributed by atoms with E-state index in [9.17, 15) is 4.79 Å². The summed E-state index contributed by atoms with van der Waals surface area (Å²) in [7, 11) is 0. The van der Waals surface area contributed by atoms with E-state index in [4.69, 9.17) is 12.2 Å². The summed E-state index contributed by atoms with van der Waals surface area (Å²) in [4.78, 5) is 11.4. The Kier molecular flexibility index (Phi) is 2.84. The van der Waals surface area contributed by atoms with E-state index in [1.807, 2.05) is 0 Å². The summed E-state index contributed by atoms with van der Waals surface area (Å²) >= 11 is 0. The molecule has 66 valence electrons. The van der Waals surface area contributed by atoms with Crippen LogP contribution in [0.3, 0.4) is 0 Å². The van der Waals surface area contributed by atoms with Crippen molar-refractivity contribution < 1.29 is 4.79 Å². The van der Waals surface area contributed by atoms with Gasteiger partial charge < -0.3 is 5.73 Å². The summed E-state index contributed by atoms with van der Waals surface area (Å²) in [6.07, 6.45) is 5.20. The number of hydrogen-bond acceptors (Lipinski definition) is 2. The summed E-state index contributed by atoms with van der Waals surface area (Å²) in [5, 5.41) is 0. The number of carbonyl (C=O) groups is 1. The van der Waals surface area contributed by atoms with E-state index in [2.05, 4.69) is 5.92 Å². The molecule has 1 rings (SSSR count). The Morgan fingerprint density at radius 3 is 2.85 bits per heavy atom. The number of ketones is 1. The molecule has 1 unspecified atom stereocenters. The number of carbonyl (C=O) groups excluding carboxylic acids is 1. The third-order valence-corrected chi connectivity index (χ3v) is 1.73. The van der Waals surface area contributed by atoms with Crippen LogP contribution in [-0.2, 0) is 0 Å². The zero-order valence-corrected chi connectivity index (χ0v) is 7.45. The lowest BCUT2D eigenvalue weighted by Crippen LogP contribution is -2.26. The van der Waals surface area contributed by atoms with Crippen molar-refractivity contribution in [3.05, 3.63) is 35.4 Å². The topological polar surface area (TPSA) is 43.1 Å². The lowest BCUT2D eigenvalue weighted by Gasteiger charge is -2.03. The van der Waals surface area contributed by atoms with E-state index >= 15 is 0 Å². The van der Waals surface area contributed by atoms with Gasteiger partial charge in [0.1, 0.15) is 0 Å². The Hall–Kier alpha value is -1.59. The van der Waals surface area contributed by atoms with Crippen molar-refractivity contribution in [1.82, 2.24) is 0 Å². The van der Waals surface area contributed by atoms with Crippen LogP contribution in [0.1, 0.15) is 22.8 Å². The van der Waals surface area contributed by atoms with Crippen LogP contribution in [0.25, 0.3) is 0 Å². The van der Waals surface area contributed by atoms with Gasteiger partial charge in [-0.15, -0.1) is 6.42 Å². The third-order valence-electron chi connectivity index (χ3n) is 1.73. The summed E-state index contributed by atoms with van der Waals surface area (Å²) in [5.74, 6) is 2.38.